The van der Waals surface area contributed by atoms with E-state index in [9.17, 15) is 5.11 Å². The van der Waals surface area contributed by atoms with E-state index in [2.05, 4.69) is 22.2 Å². The van der Waals surface area contributed by atoms with Gasteiger partial charge in [0, 0.05) is 55.9 Å². The molecule has 1 fully saturated rings. The third-order valence-corrected chi connectivity index (χ3v) is 5.98. The van der Waals surface area contributed by atoms with Crippen molar-refractivity contribution < 1.29 is 14.6 Å². The van der Waals surface area contributed by atoms with Crippen molar-refractivity contribution in [2.24, 2.45) is 0 Å². The topological polar surface area (TPSA) is 57.2 Å². The highest BCUT2D eigenvalue weighted by atomic mass is 35.5. The normalized spacial score (nSPS) is 16.3. The van der Waals surface area contributed by atoms with E-state index in [1.807, 2.05) is 42.5 Å². The van der Waals surface area contributed by atoms with Gasteiger partial charge < -0.3 is 24.8 Å². The lowest BCUT2D eigenvalue weighted by Gasteiger charge is -2.33. The Morgan fingerprint density at radius 1 is 1.10 bits per heavy atom. The molecule has 1 saturated heterocycles. The minimum atomic E-state index is -0.532. The van der Waals surface area contributed by atoms with Crippen LogP contribution in [0.3, 0.4) is 0 Å². The van der Waals surface area contributed by atoms with Crippen LogP contribution in [0, 0.1) is 0 Å². The Morgan fingerprint density at radius 2 is 1.87 bits per heavy atom. The molecule has 1 heterocycles. The van der Waals surface area contributed by atoms with Gasteiger partial charge in [-0.25, -0.2) is 0 Å². The van der Waals surface area contributed by atoms with Crippen molar-refractivity contribution in [2.45, 2.75) is 19.1 Å². The highest BCUT2D eigenvalue weighted by Crippen LogP contribution is 2.25. The molecule has 0 bridgehead atoms. The standard InChI is InChI=1S/C24H34ClN3O3/c1-27-11-13-28(14-12-27)17-21(29)18-31-24-15-22(30-2)8-7-20(24)16-26-10-9-19-5-3-4-6-23(19)25/h3-8,15,21,26,29H,9-14,16-18H2,1-2H3. The third kappa shape index (κ3) is 7.66. The van der Waals surface area contributed by atoms with E-state index in [4.69, 9.17) is 21.1 Å². The van der Waals surface area contributed by atoms with Crippen molar-refractivity contribution >= 4 is 11.6 Å². The van der Waals surface area contributed by atoms with Crippen molar-refractivity contribution in [3.8, 4) is 11.5 Å². The molecule has 1 atom stereocenters. The Kier molecular flexibility index (Phi) is 9.43. The number of piperazine rings is 1. The summed E-state index contributed by atoms with van der Waals surface area (Å²) < 4.78 is 11.4. The molecule has 1 aliphatic heterocycles. The molecule has 170 valence electrons. The molecular formula is C24H34ClN3O3. The first-order valence-corrected chi connectivity index (χ1v) is 11.3. The Labute approximate surface area is 190 Å². The Hall–Kier alpha value is -1.83. The number of ether oxygens (including phenoxy) is 2. The highest BCUT2D eigenvalue weighted by Gasteiger charge is 2.18. The van der Waals surface area contributed by atoms with Crippen LogP contribution in [0.25, 0.3) is 0 Å². The fraction of sp³-hybridized carbons (Fsp3) is 0.500. The summed E-state index contributed by atoms with van der Waals surface area (Å²) in [6, 6.07) is 13.7. The SMILES string of the molecule is COc1ccc(CNCCc2ccccc2Cl)c(OCC(O)CN2CCN(C)CC2)c1. The van der Waals surface area contributed by atoms with Crippen LogP contribution in [0.2, 0.25) is 5.02 Å². The number of likely N-dealkylation sites (N-methyl/N-ethyl adjacent to an activating group) is 1. The van der Waals surface area contributed by atoms with Gasteiger partial charge in [-0.3, -0.25) is 4.90 Å². The monoisotopic (exact) mass is 447 g/mol. The molecule has 6 nitrogen and oxygen atoms in total. The van der Waals surface area contributed by atoms with Gasteiger partial charge in [0.05, 0.1) is 7.11 Å². The predicted octanol–water partition coefficient (Wildman–Crippen LogP) is 2.67. The van der Waals surface area contributed by atoms with E-state index >= 15 is 0 Å². The fourth-order valence-corrected chi connectivity index (χ4v) is 3.89. The minimum absolute atomic E-state index is 0.256. The number of aliphatic hydroxyl groups is 1. The number of nitrogens with one attached hydrogen (secondary N) is 1. The number of hydrogen-bond donors (Lipinski definition) is 2. The second kappa shape index (κ2) is 12.3. The second-order valence-electron chi connectivity index (χ2n) is 8.06. The lowest BCUT2D eigenvalue weighted by Crippen LogP contribution is -2.47. The second-order valence-corrected chi connectivity index (χ2v) is 8.47. The van der Waals surface area contributed by atoms with Gasteiger partial charge in [0.25, 0.3) is 0 Å². The van der Waals surface area contributed by atoms with Crippen LogP contribution in [0.1, 0.15) is 11.1 Å². The van der Waals surface area contributed by atoms with Gasteiger partial charge in [0.2, 0.25) is 0 Å². The average molecular weight is 448 g/mol. The van der Waals surface area contributed by atoms with Crippen molar-refractivity contribution in [3.05, 3.63) is 58.6 Å². The van der Waals surface area contributed by atoms with Gasteiger partial charge in [-0.1, -0.05) is 35.9 Å². The molecule has 2 N–H and O–H groups in total. The van der Waals surface area contributed by atoms with Crippen LogP contribution < -0.4 is 14.8 Å². The van der Waals surface area contributed by atoms with Crippen molar-refractivity contribution in [2.75, 3.05) is 60.0 Å². The smallest absolute Gasteiger partial charge is 0.127 e. The maximum atomic E-state index is 10.5. The molecule has 2 aromatic carbocycles. The van der Waals surface area contributed by atoms with Gasteiger partial charge in [-0.2, -0.15) is 0 Å². The lowest BCUT2D eigenvalue weighted by molar-refractivity contribution is 0.0501. The van der Waals surface area contributed by atoms with E-state index in [-0.39, 0.29) is 6.61 Å². The molecule has 0 spiro atoms. The quantitative estimate of drug-likeness (QED) is 0.516. The predicted molar refractivity (Wildman–Crippen MR) is 125 cm³/mol. The van der Waals surface area contributed by atoms with Gasteiger partial charge in [0.15, 0.2) is 0 Å². The van der Waals surface area contributed by atoms with E-state index in [0.29, 0.717) is 13.1 Å². The number of nitrogens with zero attached hydrogens (tertiary/aromatic N) is 2. The molecule has 0 amide bonds. The van der Waals surface area contributed by atoms with E-state index in [0.717, 1.165) is 66.8 Å². The molecule has 31 heavy (non-hydrogen) atoms. The fourth-order valence-electron chi connectivity index (χ4n) is 3.66. The maximum Gasteiger partial charge on any atom is 0.127 e. The van der Waals surface area contributed by atoms with Crippen LogP contribution in [0.5, 0.6) is 11.5 Å². The van der Waals surface area contributed by atoms with E-state index in [1.165, 1.54) is 0 Å². The Bertz CT molecular complexity index is 812. The highest BCUT2D eigenvalue weighted by molar-refractivity contribution is 6.31. The number of aliphatic hydroxyl groups excluding tert-OH is 1. The molecule has 7 heteroatoms. The summed E-state index contributed by atoms with van der Waals surface area (Å²) >= 11 is 6.24. The molecule has 0 radical (unpaired) electrons. The summed E-state index contributed by atoms with van der Waals surface area (Å²) in [5.74, 6) is 1.48. The first kappa shape index (κ1) is 23.8. The molecule has 0 aliphatic carbocycles. The number of benzene rings is 2. The number of β-amino-alcohol motifs (C(OH)–C–C–N with tert-alkyl or cyclic N) is 1. The van der Waals surface area contributed by atoms with Crippen molar-refractivity contribution in [1.82, 2.24) is 15.1 Å². The number of halogens is 1. The molecule has 0 aromatic heterocycles. The lowest BCUT2D eigenvalue weighted by atomic mass is 10.1. The molecule has 0 saturated carbocycles. The van der Waals surface area contributed by atoms with E-state index < -0.39 is 6.10 Å². The van der Waals surface area contributed by atoms with Gasteiger partial charge in [-0.15, -0.1) is 0 Å². The Balaban J connectivity index is 1.50. The molecule has 1 unspecified atom stereocenters. The first-order chi connectivity index (χ1) is 15.0. The Morgan fingerprint density at radius 3 is 2.61 bits per heavy atom. The zero-order valence-corrected chi connectivity index (χ0v) is 19.3. The maximum absolute atomic E-state index is 10.5. The van der Waals surface area contributed by atoms with Gasteiger partial charge in [-0.05, 0) is 37.7 Å². The van der Waals surface area contributed by atoms with Gasteiger partial charge in [0.1, 0.15) is 24.2 Å². The summed E-state index contributed by atoms with van der Waals surface area (Å²) in [6.45, 7) is 6.39. The van der Waals surface area contributed by atoms with Crippen LogP contribution >= 0.6 is 11.6 Å². The number of methoxy groups -OCH3 is 1. The van der Waals surface area contributed by atoms with Crippen LogP contribution in [0.4, 0.5) is 0 Å². The van der Waals surface area contributed by atoms with Crippen molar-refractivity contribution in [3.63, 3.8) is 0 Å². The zero-order valence-electron chi connectivity index (χ0n) is 18.5. The average Bonchev–Trinajstić information content (AvgIpc) is 2.78. The number of hydrogen-bond acceptors (Lipinski definition) is 6. The third-order valence-electron chi connectivity index (χ3n) is 5.61. The molecular weight excluding hydrogens is 414 g/mol. The largest absolute Gasteiger partial charge is 0.497 e. The van der Waals surface area contributed by atoms with E-state index in [1.54, 1.807) is 7.11 Å². The van der Waals surface area contributed by atoms with Crippen LogP contribution in [-0.4, -0.2) is 81.0 Å². The minimum Gasteiger partial charge on any atom is -0.497 e. The van der Waals surface area contributed by atoms with Crippen LogP contribution in [-0.2, 0) is 13.0 Å². The summed E-state index contributed by atoms with van der Waals surface area (Å²) in [5.41, 5.74) is 2.17. The zero-order chi connectivity index (χ0) is 22.1. The summed E-state index contributed by atoms with van der Waals surface area (Å²) in [5, 5.41) is 14.7. The molecule has 2 aromatic rings. The first-order valence-electron chi connectivity index (χ1n) is 10.9. The summed E-state index contributed by atoms with van der Waals surface area (Å²) in [4.78, 5) is 4.59. The molecule has 1 aliphatic rings. The van der Waals surface area contributed by atoms with Crippen LogP contribution in [0.15, 0.2) is 42.5 Å². The summed E-state index contributed by atoms with van der Waals surface area (Å²) in [7, 11) is 3.77. The van der Waals surface area contributed by atoms with Gasteiger partial charge >= 0.3 is 0 Å². The molecule has 3 rings (SSSR count). The van der Waals surface area contributed by atoms with Crippen molar-refractivity contribution in [1.29, 1.82) is 0 Å². The number of rotatable bonds is 11. The summed E-state index contributed by atoms with van der Waals surface area (Å²) in [6.07, 6.45) is 0.325.